The first-order valence-corrected chi connectivity index (χ1v) is 6.40. The molecule has 1 N–H and O–H groups in total. The van der Waals surface area contributed by atoms with E-state index in [4.69, 9.17) is 5.11 Å². The lowest BCUT2D eigenvalue weighted by atomic mass is 10.1. The monoisotopic (exact) mass is 238 g/mol. The molecule has 2 rings (SSSR count). The van der Waals surface area contributed by atoms with Crippen molar-refractivity contribution >= 4 is 17.7 Å². The molecule has 0 saturated carbocycles. The maximum atomic E-state index is 12.1. The molecule has 0 aliphatic carbocycles. The molecule has 1 aromatic rings. The van der Waals surface area contributed by atoms with Gasteiger partial charge in [-0.3, -0.25) is 9.78 Å². The van der Waals surface area contributed by atoms with E-state index in [2.05, 4.69) is 4.98 Å². The van der Waals surface area contributed by atoms with Gasteiger partial charge in [-0.25, -0.2) is 0 Å². The minimum Gasteiger partial charge on any atom is -0.390 e. The molecule has 1 aliphatic rings. The molecule has 16 heavy (non-hydrogen) atoms. The Labute approximate surface area is 98.7 Å². The molecule has 86 valence electrons. The lowest BCUT2D eigenvalue weighted by molar-refractivity contribution is 0.0768. The summed E-state index contributed by atoms with van der Waals surface area (Å²) < 4.78 is 0. The number of hydrogen-bond donors (Lipinski definition) is 1. The maximum Gasteiger partial charge on any atom is 0.255 e. The number of thioether (sulfide) groups is 1. The molecular formula is C11H14N2O2S. The summed E-state index contributed by atoms with van der Waals surface area (Å²) in [5.74, 6) is 1.96. The van der Waals surface area contributed by atoms with E-state index < -0.39 is 0 Å². The van der Waals surface area contributed by atoms with Gasteiger partial charge in [0.15, 0.2) is 0 Å². The Morgan fingerprint density at radius 1 is 1.50 bits per heavy atom. The highest BCUT2D eigenvalue weighted by Gasteiger charge is 2.20. The van der Waals surface area contributed by atoms with Crippen LogP contribution >= 0.6 is 11.8 Å². The van der Waals surface area contributed by atoms with Gasteiger partial charge in [-0.1, -0.05) is 0 Å². The van der Waals surface area contributed by atoms with Gasteiger partial charge in [-0.2, -0.15) is 11.8 Å². The van der Waals surface area contributed by atoms with Gasteiger partial charge >= 0.3 is 0 Å². The Morgan fingerprint density at radius 3 is 2.94 bits per heavy atom. The Balaban J connectivity index is 2.19. The van der Waals surface area contributed by atoms with Gasteiger partial charge in [0.2, 0.25) is 0 Å². The third-order valence-electron chi connectivity index (χ3n) is 2.57. The van der Waals surface area contributed by atoms with Gasteiger partial charge in [-0.15, -0.1) is 0 Å². The largest absolute Gasteiger partial charge is 0.390 e. The Morgan fingerprint density at radius 2 is 2.25 bits per heavy atom. The van der Waals surface area contributed by atoms with Crippen molar-refractivity contribution < 1.29 is 9.90 Å². The van der Waals surface area contributed by atoms with Crippen LogP contribution in [0.15, 0.2) is 18.3 Å². The Bertz CT molecular complexity index is 378. The van der Waals surface area contributed by atoms with Crippen molar-refractivity contribution in [1.29, 1.82) is 0 Å². The average Bonchev–Trinajstić information content (AvgIpc) is 2.39. The number of carbonyl (C=O) groups is 1. The summed E-state index contributed by atoms with van der Waals surface area (Å²) in [5, 5.41) is 9.13. The normalized spacial score (nSPS) is 16.2. The molecule has 1 aromatic heterocycles. The Kier molecular flexibility index (Phi) is 3.79. The van der Waals surface area contributed by atoms with Crippen LogP contribution in [-0.2, 0) is 6.61 Å². The molecule has 1 saturated heterocycles. The van der Waals surface area contributed by atoms with Crippen molar-refractivity contribution in [3.63, 3.8) is 0 Å². The fraction of sp³-hybridized carbons (Fsp3) is 0.455. The first-order valence-electron chi connectivity index (χ1n) is 5.24. The van der Waals surface area contributed by atoms with Crippen molar-refractivity contribution in [1.82, 2.24) is 9.88 Å². The third-order valence-corrected chi connectivity index (χ3v) is 3.51. The molecule has 1 fully saturated rings. The number of rotatable bonds is 2. The minimum atomic E-state index is -0.190. The summed E-state index contributed by atoms with van der Waals surface area (Å²) in [6.07, 6.45) is 1.59. The van der Waals surface area contributed by atoms with Crippen molar-refractivity contribution in [3.8, 4) is 0 Å². The van der Waals surface area contributed by atoms with Gasteiger partial charge in [0.25, 0.3) is 5.91 Å². The predicted octanol–water partition coefficient (Wildman–Crippen LogP) is 0.763. The number of aromatic nitrogens is 1. The van der Waals surface area contributed by atoms with Gasteiger partial charge in [0.1, 0.15) is 0 Å². The van der Waals surface area contributed by atoms with Crippen LogP contribution in [0.5, 0.6) is 0 Å². The van der Waals surface area contributed by atoms with E-state index in [0.29, 0.717) is 11.3 Å². The summed E-state index contributed by atoms with van der Waals surface area (Å²) in [4.78, 5) is 18.0. The van der Waals surface area contributed by atoms with Crippen molar-refractivity contribution in [3.05, 3.63) is 29.6 Å². The van der Waals surface area contributed by atoms with E-state index >= 15 is 0 Å². The molecule has 0 bridgehead atoms. The number of carbonyl (C=O) groups excluding carboxylic acids is 1. The number of aliphatic hydroxyl groups excluding tert-OH is 1. The first kappa shape index (κ1) is 11.4. The van der Waals surface area contributed by atoms with E-state index in [0.717, 1.165) is 24.6 Å². The molecule has 4 nitrogen and oxygen atoms in total. The van der Waals surface area contributed by atoms with Crippen LogP contribution in [-0.4, -0.2) is 45.5 Å². The van der Waals surface area contributed by atoms with Crippen LogP contribution in [0.4, 0.5) is 0 Å². The van der Waals surface area contributed by atoms with Gasteiger partial charge in [-0.05, 0) is 12.1 Å². The predicted molar refractivity (Wildman–Crippen MR) is 63.4 cm³/mol. The van der Waals surface area contributed by atoms with Gasteiger partial charge in [0.05, 0.1) is 17.9 Å². The average molecular weight is 238 g/mol. The zero-order valence-electron chi connectivity index (χ0n) is 8.93. The van der Waals surface area contributed by atoms with Crippen molar-refractivity contribution in [2.24, 2.45) is 0 Å². The van der Waals surface area contributed by atoms with Crippen LogP contribution in [0.3, 0.4) is 0 Å². The number of pyridine rings is 1. The number of hydrogen-bond acceptors (Lipinski definition) is 4. The van der Waals surface area contributed by atoms with Crippen LogP contribution in [0, 0.1) is 0 Å². The number of aliphatic hydroxyl groups is 1. The second kappa shape index (κ2) is 5.32. The fourth-order valence-electron chi connectivity index (χ4n) is 1.70. The van der Waals surface area contributed by atoms with E-state index in [1.54, 1.807) is 18.3 Å². The second-order valence-corrected chi connectivity index (χ2v) is 4.79. The minimum absolute atomic E-state index is 0.0162. The molecule has 0 atom stereocenters. The maximum absolute atomic E-state index is 12.1. The van der Waals surface area contributed by atoms with E-state index in [-0.39, 0.29) is 12.5 Å². The highest BCUT2D eigenvalue weighted by molar-refractivity contribution is 7.99. The number of amides is 1. The molecule has 5 heteroatoms. The second-order valence-electron chi connectivity index (χ2n) is 3.56. The quantitative estimate of drug-likeness (QED) is 0.826. The van der Waals surface area contributed by atoms with Crippen molar-refractivity contribution in [2.45, 2.75) is 6.61 Å². The van der Waals surface area contributed by atoms with Crippen LogP contribution in [0.25, 0.3) is 0 Å². The standard InChI is InChI=1S/C11H14N2O2S/c14-8-10-9(2-1-3-12-10)11(15)13-4-6-16-7-5-13/h1-3,14H,4-8H2. The molecule has 0 unspecified atom stereocenters. The zero-order valence-corrected chi connectivity index (χ0v) is 9.74. The summed E-state index contributed by atoms with van der Waals surface area (Å²) in [5.41, 5.74) is 0.989. The van der Waals surface area contributed by atoms with Crippen molar-refractivity contribution in [2.75, 3.05) is 24.6 Å². The number of nitrogens with zero attached hydrogens (tertiary/aromatic N) is 2. The molecule has 0 radical (unpaired) electrons. The molecule has 2 heterocycles. The van der Waals surface area contributed by atoms with E-state index in [9.17, 15) is 4.79 Å². The highest BCUT2D eigenvalue weighted by atomic mass is 32.2. The van der Waals surface area contributed by atoms with Gasteiger partial charge in [0, 0.05) is 30.8 Å². The first-order chi connectivity index (χ1) is 7.83. The summed E-state index contributed by atoms with van der Waals surface area (Å²) in [7, 11) is 0. The lowest BCUT2D eigenvalue weighted by Crippen LogP contribution is -2.38. The molecule has 0 aromatic carbocycles. The molecule has 0 spiro atoms. The summed E-state index contributed by atoms with van der Waals surface area (Å²) in [6.45, 7) is 1.37. The zero-order chi connectivity index (χ0) is 11.4. The molecule has 1 aliphatic heterocycles. The van der Waals surface area contributed by atoms with Crippen LogP contribution in [0.1, 0.15) is 16.1 Å². The summed E-state index contributed by atoms with van der Waals surface area (Å²) >= 11 is 1.86. The topological polar surface area (TPSA) is 53.4 Å². The molecule has 1 amide bonds. The highest BCUT2D eigenvalue weighted by Crippen LogP contribution is 2.14. The SMILES string of the molecule is O=C(c1cccnc1CO)N1CCSCC1. The summed E-state index contributed by atoms with van der Waals surface area (Å²) in [6, 6.07) is 3.45. The van der Waals surface area contributed by atoms with Gasteiger partial charge < -0.3 is 10.0 Å². The third kappa shape index (κ3) is 2.36. The molecular weight excluding hydrogens is 224 g/mol. The van der Waals surface area contributed by atoms with Crippen LogP contribution < -0.4 is 0 Å². The van der Waals surface area contributed by atoms with Crippen LogP contribution in [0.2, 0.25) is 0 Å². The smallest absolute Gasteiger partial charge is 0.255 e. The van der Waals surface area contributed by atoms with E-state index in [1.807, 2.05) is 16.7 Å². The fourth-order valence-corrected chi connectivity index (χ4v) is 2.60. The lowest BCUT2D eigenvalue weighted by Gasteiger charge is -2.26. The van der Waals surface area contributed by atoms with E-state index in [1.165, 1.54) is 0 Å². The Hall–Kier alpha value is -1.07.